The van der Waals surface area contributed by atoms with Crippen LogP contribution in [0.25, 0.3) is 5.65 Å². The first-order valence-electron chi connectivity index (χ1n) is 6.48. The monoisotopic (exact) mass is 245 g/mol. The fraction of sp³-hybridized carbons (Fsp3) is 0.500. The van der Waals surface area contributed by atoms with Gasteiger partial charge in [-0.05, 0) is 36.3 Å². The lowest BCUT2D eigenvalue weighted by molar-refractivity contribution is -0.209. The van der Waals surface area contributed by atoms with Gasteiger partial charge in [0.1, 0.15) is 11.3 Å². The molecular formula is C14H16FN3. The zero-order valence-corrected chi connectivity index (χ0v) is 10.2. The summed E-state index contributed by atoms with van der Waals surface area (Å²) >= 11 is 0. The van der Waals surface area contributed by atoms with Crippen LogP contribution in [0.2, 0.25) is 0 Å². The van der Waals surface area contributed by atoms with Crippen molar-refractivity contribution in [3.8, 4) is 0 Å². The van der Waals surface area contributed by atoms with Gasteiger partial charge in [0, 0.05) is 31.7 Å². The van der Waals surface area contributed by atoms with Crippen LogP contribution in [0.15, 0.2) is 30.7 Å². The Morgan fingerprint density at radius 3 is 2.94 bits per heavy atom. The molecule has 0 unspecified atom stereocenters. The molecule has 0 saturated heterocycles. The molecule has 0 aliphatic heterocycles. The molecule has 2 bridgehead atoms. The smallest absolute Gasteiger partial charge is 0.136 e. The second kappa shape index (κ2) is 3.32. The van der Waals surface area contributed by atoms with Crippen LogP contribution in [-0.2, 0) is 6.54 Å². The minimum atomic E-state index is -0.780. The van der Waals surface area contributed by atoms with E-state index < -0.39 is 5.67 Å². The van der Waals surface area contributed by atoms with Crippen molar-refractivity contribution in [2.45, 2.75) is 31.5 Å². The molecule has 2 aromatic heterocycles. The molecule has 0 spiro atoms. The van der Waals surface area contributed by atoms with E-state index in [4.69, 9.17) is 0 Å². The SMILES string of the molecule is FC12CC(CNCc3ccc4nccn4c3)(C1)C2. The van der Waals surface area contributed by atoms with Crippen molar-refractivity contribution in [3.05, 3.63) is 36.3 Å². The normalized spacial score (nSPS) is 33.2. The number of imidazole rings is 1. The summed E-state index contributed by atoms with van der Waals surface area (Å²) in [6, 6.07) is 4.11. The van der Waals surface area contributed by atoms with E-state index in [2.05, 4.69) is 22.6 Å². The van der Waals surface area contributed by atoms with Gasteiger partial charge < -0.3 is 9.72 Å². The first kappa shape index (κ1) is 10.5. The average molecular weight is 245 g/mol. The fourth-order valence-electron chi connectivity index (χ4n) is 3.59. The number of pyridine rings is 1. The number of hydrogen-bond donors (Lipinski definition) is 1. The third-order valence-corrected chi connectivity index (χ3v) is 4.35. The number of rotatable bonds is 4. The van der Waals surface area contributed by atoms with E-state index in [0.29, 0.717) is 0 Å². The van der Waals surface area contributed by atoms with Crippen LogP contribution in [0, 0.1) is 5.41 Å². The van der Waals surface area contributed by atoms with Gasteiger partial charge in [0.25, 0.3) is 0 Å². The molecule has 3 nitrogen and oxygen atoms in total. The Morgan fingerprint density at radius 1 is 1.33 bits per heavy atom. The topological polar surface area (TPSA) is 29.3 Å². The summed E-state index contributed by atoms with van der Waals surface area (Å²) in [7, 11) is 0. The van der Waals surface area contributed by atoms with Crippen LogP contribution in [0.5, 0.6) is 0 Å². The first-order valence-corrected chi connectivity index (χ1v) is 6.48. The molecule has 0 atom stereocenters. The van der Waals surface area contributed by atoms with E-state index in [9.17, 15) is 4.39 Å². The van der Waals surface area contributed by atoms with E-state index >= 15 is 0 Å². The molecule has 2 heterocycles. The molecular weight excluding hydrogens is 229 g/mol. The number of nitrogens with zero attached hydrogens (tertiary/aromatic N) is 2. The molecule has 3 saturated carbocycles. The Labute approximate surface area is 105 Å². The Morgan fingerprint density at radius 2 is 2.17 bits per heavy atom. The van der Waals surface area contributed by atoms with Gasteiger partial charge >= 0.3 is 0 Å². The molecule has 18 heavy (non-hydrogen) atoms. The number of fused-ring (bicyclic) bond motifs is 1. The Kier molecular flexibility index (Phi) is 1.94. The van der Waals surface area contributed by atoms with Crippen molar-refractivity contribution < 1.29 is 4.39 Å². The Balaban J connectivity index is 1.37. The van der Waals surface area contributed by atoms with Gasteiger partial charge in [-0.25, -0.2) is 9.37 Å². The number of aromatic nitrogens is 2. The second-order valence-corrected chi connectivity index (χ2v) is 6.01. The summed E-state index contributed by atoms with van der Waals surface area (Å²) in [4.78, 5) is 4.22. The van der Waals surface area contributed by atoms with Gasteiger partial charge in [0.15, 0.2) is 0 Å². The summed E-state index contributed by atoms with van der Waals surface area (Å²) in [6.45, 7) is 1.79. The molecule has 3 aliphatic rings. The molecule has 0 amide bonds. The summed E-state index contributed by atoms with van der Waals surface area (Å²) < 4.78 is 15.4. The van der Waals surface area contributed by atoms with Gasteiger partial charge in [-0.1, -0.05) is 6.07 Å². The molecule has 2 aromatic rings. The highest BCUT2D eigenvalue weighted by molar-refractivity contribution is 5.39. The van der Waals surface area contributed by atoms with Gasteiger partial charge in [0.05, 0.1) is 0 Å². The van der Waals surface area contributed by atoms with Crippen molar-refractivity contribution in [2.75, 3.05) is 6.54 Å². The predicted molar refractivity (Wildman–Crippen MR) is 67.0 cm³/mol. The highest BCUT2D eigenvalue weighted by Crippen LogP contribution is 2.69. The maximum Gasteiger partial charge on any atom is 0.136 e. The van der Waals surface area contributed by atoms with Crippen LogP contribution in [0.4, 0.5) is 4.39 Å². The van der Waals surface area contributed by atoms with Crippen LogP contribution in [0.3, 0.4) is 0 Å². The van der Waals surface area contributed by atoms with E-state index in [-0.39, 0.29) is 5.41 Å². The highest BCUT2D eigenvalue weighted by Gasteiger charge is 2.68. The van der Waals surface area contributed by atoms with E-state index in [1.165, 1.54) is 5.56 Å². The molecule has 94 valence electrons. The van der Waals surface area contributed by atoms with Crippen LogP contribution < -0.4 is 5.32 Å². The number of halogens is 1. The summed E-state index contributed by atoms with van der Waals surface area (Å²) in [6.07, 6.45) is 8.16. The fourth-order valence-corrected chi connectivity index (χ4v) is 3.59. The molecule has 4 heteroatoms. The molecule has 3 aliphatic carbocycles. The van der Waals surface area contributed by atoms with Gasteiger partial charge in [0.2, 0.25) is 0 Å². The molecule has 5 rings (SSSR count). The molecule has 3 fully saturated rings. The lowest BCUT2D eigenvalue weighted by atomic mass is 9.42. The predicted octanol–water partition coefficient (Wildman–Crippen LogP) is 2.32. The first-order chi connectivity index (χ1) is 8.67. The third kappa shape index (κ3) is 1.48. The van der Waals surface area contributed by atoms with Crippen molar-refractivity contribution >= 4 is 5.65 Å². The van der Waals surface area contributed by atoms with E-state index in [0.717, 1.165) is 38.0 Å². The van der Waals surface area contributed by atoms with Crippen molar-refractivity contribution in [1.82, 2.24) is 14.7 Å². The van der Waals surface area contributed by atoms with Crippen LogP contribution in [0.1, 0.15) is 24.8 Å². The maximum atomic E-state index is 13.4. The third-order valence-electron chi connectivity index (χ3n) is 4.35. The van der Waals surface area contributed by atoms with Gasteiger partial charge in [-0.15, -0.1) is 0 Å². The molecule has 0 aromatic carbocycles. The van der Waals surface area contributed by atoms with E-state index in [1.807, 2.05) is 16.7 Å². The Bertz CT molecular complexity index is 584. The maximum absolute atomic E-state index is 13.4. The lowest BCUT2D eigenvalue weighted by Crippen LogP contribution is -2.67. The minimum Gasteiger partial charge on any atom is -0.312 e. The van der Waals surface area contributed by atoms with Crippen molar-refractivity contribution in [3.63, 3.8) is 0 Å². The summed E-state index contributed by atoms with van der Waals surface area (Å²) in [5.41, 5.74) is 1.71. The average Bonchev–Trinajstić information content (AvgIpc) is 2.72. The highest BCUT2D eigenvalue weighted by atomic mass is 19.1. The summed E-state index contributed by atoms with van der Waals surface area (Å²) in [5.74, 6) is 0. The lowest BCUT2D eigenvalue weighted by Gasteiger charge is -2.66. The number of hydrogen-bond acceptors (Lipinski definition) is 2. The van der Waals surface area contributed by atoms with E-state index in [1.54, 1.807) is 6.20 Å². The van der Waals surface area contributed by atoms with Crippen molar-refractivity contribution in [1.29, 1.82) is 0 Å². The second-order valence-electron chi connectivity index (χ2n) is 6.01. The molecule has 0 radical (unpaired) electrons. The van der Waals surface area contributed by atoms with Gasteiger partial charge in [-0.2, -0.15) is 0 Å². The quantitative estimate of drug-likeness (QED) is 0.895. The zero-order valence-electron chi connectivity index (χ0n) is 10.2. The molecule has 1 N–H and O–H groups in total. The number of nitrogens with one attached hydrogen (secondary N) is 1. The standard InChI is InChI=1S/C14H16FN3/c15-14-7-13(8-14,9-14)10-16-5-11-1-2-12-17-3-4-18(12)6-11/h1-4,6,16H,5,7-10H2. The minimum absolute atomic E-state index is 0.286. The van der Waals surface area contributed by atoms with Gasteiger partial charge in [-0.3, -0.25) is 0 Å². The van der Waals surface area contributed by atoms with Crippen LogP contribution in [-0.4, -0.2) is 21.6 Å². The largest absolute Gasteiger partial charge is 0.312 e. The number of alkyl halides is 1. The Hall–Kier alpha value is -1.42. The van der Waals surface area contributed by atoms with Crippen LogP contribution >= 0.6 is 0 Å². The summed E-state index contributed by atoms with van der Waals surface area (Å²) in [5, 5.41) is 3.46. The zero-order chi connectivity index (χ0) is 12.2. The van der Waals surface area contributed by atoms with Crippen molar-refractivity contribution in [2.24, 2.45) is 5.41 Å².